The predicted molar refractivity (Wildman–Crippen MR) is 88.9 cm³/mol. The molecule has 1 unspecified atom stereocenters. The number of hydrogen-bond donors (Lipinski definition) is 2. The minimum Gasteiger partial charge on any atom is -0.370 e. The van der Waals surface area contributed by atoms with Gasteiger partial charge in [-0.3, -0.25) is 4.90 Å². The van der Waals surface area contributed by atoms with Crippen molar-refractivity contribution < 1.29 is 0 Å². The monoisotopic (exact) mass is 291 g/mol. The number of aryl methyl sites for hydroxylation is 1. The molecule has 2 rings (SSSR count). The van der Waals surface area contributed by atoms with E-state index >= 15 is 0 Å². The Morgan fingerprint density at radius 2 is 1.81 bits per heavy atom. The molecule has 2 heterocycles. The first-order valence-electron chi connectivity index (χ1n) is 8.26. The second-order valence-electron chi connectivity index (χ2n) is 5.94. The molecule has 1 aliphatic rings. The number of anilines is 2. The lowest BCUT2D eigenvalue weighted by Crippen LogP contribution is -2.41. The molecule has 1 aromatic heterocycles. The van der Waals surface area contributed by atoms with Crippen LogP contribution in [-0.4, -0.2) is 47.1 Å². The average Bonchev–Trinajstić information content (AvgIpc) is 2.51. The molecule has 0 bridgehead atoms. The molecule has 0 amide bonds. The number of nitrogens with zero attached hydrogens (tertiary/aromatic N) is 3. The zero-order valence-corrected chi connectivity index (χ0v) is 13.7. The maximum Gasteiger partial charge on any atom is 0.131 e. The summed E-state index contributed by atoms with van der Waals surface area (Å²) < 4.78 is 0. The van der Waals surface area contributed by atoms with E-state index in [1.807, 2.05) is 13.0 Å². The fourth-order valence-corrected chi connectivity index (χ4v) is 2.74. The van der Waals surface area contributed by atoms with Gasteiger partial charge in [0.2, 0.25) is 0 Å². The van der Waals surface area contributed by atoms with Gasteiger partial charge in [-0.1, -0.05) is 13.3 Å². The van der Waals surface area contributed by atoms with E-state index in [9.17, 15) is 0 Å². The smallest absolute Gasteiger partial charge is 0.131 e. The van der Waals surface area contributed by atoms with Crippen LogP contribution in [0.1, 0.15) is 45.4 Å². The minimum atomic E-state index is 0.549. The molecule has 118 valence electrons. The highest BCUT2D eigenvalue weighted by Crippen LogP contribution is 2.14. The van der Waals surface area contributed by atoms with E-state index in [1.54, 1.807) is 0 Å². The van der Waals surface area contributed by atoms with Crippen LogP contribution in [0, 0.1) is 6.92 Å². The molecule has 0 aromatic carbocycles. The molecule has 5 heteroatoms. The van der Waals surface area contributed by atoms with Crippen LogP contribution in [0.25, 0.3) is 0 Å². The largest absolute Gasteiger partial charge is 0.370 e. The van der Waals surface area contributed by atoms with Gasteiger partial charge in [-0.05, 0) is 46.2 Å². The summed E-state index contributed by atoms with van der Waals surface area (Å²) in [6, 6.07) is 2.55. The van der Waals surface area contributed by atoms with Crippen molar-refractivity contribution in [3.63, 3.8) is 0 Å². The third-order valence-electron chi connectivity index (χ3n) is 3.99. The Morgan fingerprint density at radius 3 is 2.48 bits per heavy atom. The summed E-state index contributed by atoms with van der Waals surface area (Å²) in [6.07, 6.45) is 5.15. The second kappa shape index (κ2) is 8.17. The zero-order valence-electron chi connectivity index (χ0n) is 13.7. The van der Waals surface area contributed by atoms with Crippen LogP contribution in [0.5, 0.6) is 0 Å². The Balaban J connectivity index is 1.87. The van der Waals surface area contributed by atoms with Gasteiger partial charge in [0.1, 0.15) is 17.5 Å². The Morgan fingerprint density at radius 1 is 1.14 bits per heavy atom. The van der Waals surface area contributed by atoms with Gasteiger partial charge in [-0.2, -0.15) is 0 Å². The fourth-order valence-electron chi connectivity index (χ4n) is 2.74. The van der Waals surface area contributed by atoms with Crippen LogP contribution in [0.2, 0.25) is 0 Å². The van der Waals surface area contributed by atoms with E-state index in [4.69, 9.17) is 0 Å². The molecular formula is C16H29N5. The van der Waals surface area contributed by atoms with Crippen molar-refractivity contribution in [2.45, 2.75) is 52.5 Å². The molecule has 1 saturated heterocycles. The van der Waals surface area contributed by atoms with Crippen LogP contribution in [0.4, 0.5) is 11.6 Å². The van der Waals surface area contributed by atoms with Crippen molar-refractivity contribution in [3.05, 3.63) is 11.9 Å². The van der Waals surface area contributed by atoms with Gasteiger partial charge in [-0.15, -0.1) is 0 Å². The summed E-state index contributed by atoms with van der Waals surface area (Å²) in [4.78, 5) is 11.5. The molecule has 0 radical (unpaired) electrons. The molecule has 0 spiro atoms. The van der Waals surface area contributed by atoms with Gasteiger partial charge in [-0.25, -0.2) is 9.97 Å². The first kappa shape index (κ1) is 16.0. The number of aromatic nitrogens is 2. The van der Waals surface area contributed by atoms with E-state index in [0.717, 1.165) is 37.0 Å². The summed E-state index contributed by atoms with van der Waals surface area (Å²) in [5.41, 5.74) is 0. The van der Waals surface area contributed by atoms with E-state index < -0.39 is 0 Å². The molecule has 1 aromatic rings. The van der Waals surface area contributed by atoms with Crippen LogP contribution in [-0.2, 0) is 0 Å². The SMILES string of the molecule is CCCNc1cc(NCC(C)N2CCCCC2)nc(C)n1. The standard InChI is InChI=1S/C16H29N5/c1-4-8-17-15-11-16(20-14(3)19-15)18-12-13(2)21-9-6-5-7-10-21/h11,13H,4-10,12H2,1-3H3,(H2,17,18,19,20). The maximum atomic E-state index is 4.48. The number of piperidine rings is 1. The summed E-state index contributed by atoms with van der Waals surface area (Å²) >= 11 is 0. The van der Waals surface area contributed by atoms with Gasteiger partial charge in [0.15, 0.2) is 0 Å². The summed E-state index contributed by atoms with van der Waals surface area (Å²) in [7, 11) is 0. The zero-order chi connectivity index (χ0) is 15.1. The van der Waals surface area contributed by atoms with E-state index in [2.05, 4.69) is 39.3 Å². The normalized spacial score (nSPS) is 17.5. The molecule has 1 fully saturated rings. The lowest BCUT2D eigenvalue weighted by molar-refractivity contribution is 0.180. The highest BCUT2D eigenvalue weighted by Gasteiger charge is 2.16. The molecule has 5 nitrogen and oxygen atoms in total. The number of rotatable bonds is 7. The number of hydrogen-bond acceptors (Lipinski definition) is 5. The van der Waals surface area contributed by atoms with Crippen LogP contribution < -0.4 is 10.6 Å². The highest BCUT2D eigenvalue weighted by atomic mass is 15.2. The van der Waals surface area contributed by atoms with Crippen molar-refractivity contribution in [3.8, 4) is 0 Å². The van der Waals surface area contributed by atoms with Gasteiger partial charge in [0, 0.05) is 25.2 Å². The van der Waals surface area contributed by atoms with Crippen molar-refractivity contribution >= 4 is 11.6 Å². The second-order valence-corrected chi connectivity index (χ2v) is 5.94. The van der Waals surface area contributed by atoms with Crippen molar-refractivity contribution in [1.82, 2.24) is 14.9 Å². The van der Waals surface area contributed by atoms with E-state index in [1.165, 1.54) is 32.4 Å². The first-order valence-corrected chi connectivity index (χ1v) is 8.26. The summed E-state index contributed by atoms with van der Waals surface area (Å²) in [5.74, 6) is 2.65. The fraction of sp³-hybridized carbons (Fsp3) is 0.750. The maximum absolute atomic E-state index is 4.48. The van der Waals surface area contributed by atoms with Crippen molar-refractivity contribution in [2.24, 2.45) is 0 Å². The van der Waals surface area contributed by atoms with Crippen LogP contribution >= 0.6 is 0 Å². The summed E-state index contributed by atoms with van der Waals surface area (Å²) in [5, 5.41) is 6.79. The van der Waals surface area contributed by atoms with Gasteiger partial charge >= 0.3 is 0 Å². The Hall–Kier alpha value is -1.36. The Bertz CT molecular complexity index is 429. The van der Waals surface area contributed by atoms with Crippen molar-refractivity contribution in [2.75, 3.05) is 36.8 Å². The predicted octanol–water partition coefficient (Wildman–Crippen LogP) is 2.89. The van der Waals surface area contributed by atoms with Crippen LogP contribution in [0.15, 0.2) is 6.07 Å². The Kier molecular flexibility index (Phi) is 6.23. The van der Waals surface area contributed by atoms with Gasteiger partial charge in [0.25, 0.3) is 0 Å². The molecule has 2 N–H and O–H groups in total. The van der Waals surface area contributed by atoms with Crippen LogP contribution in [0.3, 0.4) is 0 Å². The lowest BCUT2D eigenvalue weighted by atomic mass is 10.1. The highest BCUT2D eigenvalue weighted by molar-refractivity contribution is 5.47. The Labute approximate surface area is 128 Å². The van der Waals surface area contributed by atoms with E-state index in [-0.39, 0.29) is 0 Å². The lowest BCUT2D eigenvalue weighted by Gasteiger charge is -2.32. The first-order chi connectivity index (χ1) is 10.2. The van der Waals surface area contributed by atoms with E-state index in [0.29, 0.717) is 6.04 Å². The topological polar surface area (TPSA) is 53.1 Å². The molecule has 21 heavy (non-hydrogen) atoms. The average molecular weight is 291 g/mol. The van der Waals surface area contributed by atoms with Crippen molar-refractivity contribution in [1.29, 1.82) is 0 Å². The molecule has 0 saturated carbocycles. The molecular weight excluding hydrogens is 262 g/mol. The number of nitrogens with one attached hydrogen (secondary N) is 2. The minimum absolute atomic E-state index is 0.549. The van der Waals surface area contributed by atoms with Gasteiger partial charge < -0.3 is 10.6 Å². The quantitative estimate of drug-likeness (QED) is 0.809. The van der Waals surface area contributed by atoms with Gasteiger partial charge in [0.05, 0.1) is 0 Å². The third kappa shape index (κ3) is 5.16. The number of likely N-dealkylation sites (tertiary alicyclic amines) is 1. The molecule has 0 aliphatic carbocycles. The summed E-state index contributed by atoms with van der Waals surface area (Å²) in [6.45, 7) is 10.7. The molecule has 1 aliphatic heterocycles. The third-order valence-corrected chi connectivity index (χ3v) is 3.99. The molecule has 1 atom stereocenters.